The Morgan fingerprint density at radius 3 is 2.81 bits per heavy atom. The summed E-state index contributed by atoms with van der Waals surface area (Å²) in [6, 6.07) is 4.22. The second kappa shape index (κ2) is 5.12. The molecule has 0 spiro atoms. The Balaban J connectivity index is 1.86. The largest absolute Gasteiger partial charge is 0.308 e. The summed E-state index contributed by atoms with van der Waals surface area (Å²) < 4.78 is 3.04. The maximum absolute atomic E-state index is 4.31. The molecule has 2 heterocycles. The maximum atomic E-state index is 4.31. The van der Waals surface area contributed by atoms with Crippen molar-refractivity contribution in [2.45, 2.75) is 20.0 Å². The maximum Gasteiger partial charge on any atom is 0.0701 e. The van der Waals surface area contributed by atoms with Crippen molar-refractivity contribution < 1.29 is 0 Å². The molecule has 0 radical (unpaired) electrons. The van der Waals surface area contributed by atoms with Gasteiger partial charge in [-0.25, -0.2) is 0 Å². The van der Waals surface area contributed by atoms with E-state index in [1.165, 1.54) is 14.2 Å². The Labute approximate surface area is 108 Å². The molecule has 2 aromatic rings. The first kappa shape index (κ1) is 11.8. The molecule has 0 aliphatic carbocycles. The molecule has 0 atom stereocenters. The van der Waals surface area contributed by atoms with Crippen molar-refractivity contribution in [2.24, 2.45) is 7.05 Å². The van der Waals surface area contributed by atoms with Gasteiger partial charge in [0.2, 0.25) is 0 Å². The molecule has 5 heteroatoms. The highest BCUT2D eigenvalue weighted by molar-refractivity contribution is 9.11. The van der Waals surface area contributed by atoms with Gasteiger partial charge in [-0.3, -0.25) is 4.68 Å². The van der Waals surface area contributed by atoms with E-state index in [2.05, 4.69) is 44.7 Å². The number of hydrogen-bond donors (Lipinski definition) is 1. The molecule has 1 N–H and O–H groups in total. The van der Waals surface area contributed by atoms with Crippen LogP contribution in [0.15, 0.2) is 22.1 Å². The van der Waals surface area contributed by atoms with Gasteiger partial charge in [0.15, 0.2) is 0 Å². The highest BCUT2D eigenvalue weighted by Gasteiger charge is 2.02. The third-order valence-corrected chi connectivity index (χ3v) is 3.98. The highest BCUT2D eigenvalue weighted by atomic mass is 79.9. The molecule has 0 aliphatic heterocycles. The van der Waals surface area contributed by atoms with Crippen LogP contribution in [0, 0.1) is 6.92 Å². The molecule has 2 aromatic heterocycles. The van der Waals surface area contributed by atoms with Crippen LogP contribution in [0.1, 0.15) is 16.1 Å². The number of halogens is 1. The summed E-state index contributed by atoms with van der Waals surface area (Å²) in [6.07, 6.45) is 2.06. The number of nitrogens with zero attached hydrogens (tertiary/aromatic N) is 2. The molecule has 2 rings (SSSR count). The smallest absolute Gasteiger partial charge is 0.0701 e. The molecule has 0 aromatic carbocycles. The summed E-state index contributed by atoms with van der Waals surface area (Å²) in [4.78, 5) is 1.34. The van der Waals surface area contributed by atoms with Gasteiger partial charge in [-0.15, -0.1) is 11.3 Å². The standard InChI is InChI=1S/C11H14BrN3S/c1-8-9(7-15(2)14-8)5-13-6-10-3-4-11(12)16-10/h3-4,7,13H,5-6H2,1-2H3. The van der Waals surface area contributed by atoms with Gasteiger partial charge in [-0.2, -0.15) is 5.10 Å². The lowest BCUT2D eigenvalue weighted by Crippen LogP contribution is -2.11. The van der Waals surface area contributed by atoms with Crippen molar-refractivity contribution in [3.63, 3.8) is 0 Å². The summed E-state index contributed by atoms with van der Waals surface area (Å²) in [5.41, 5.74) is 2.36. The van der Waals surface area contributed by atoms with Crippen LogP contribution in [0.3, 0.4) is 0 Å². The van der Waals surface area contributed by atoms with Gasteiger partial charge in [0, 0.05) is 36.8 Å². The van der Waals surface area contributed by atoms with Gasteiger partial charge >= 0.3 is 0 Å². The second-order valence-electron chi connectivity index (χ2n) is 3.72. The molecule has 3 nitrogen and oxygen atoms in total. The third kappa shape index (κ3) is 2.93. The van der Waals surface area contributed by atoms with Crippen LogP contribution in [-0.4, -0.2) is 9.78 Å². The predicted octanol–water partition coefficient (Wildman–Crippen LogP) is 2.84. The zero-order valence-electron chi connectivity index (χ0n) is 9.33. The fourth-order valence-electron chi connectivity index (χ4n) is 1.59. The average Bonchev–Trinajstić information content (AvgIpc) is 2.74. The van der Waals surface area contributed by atoms with Gasteiger partial charge in [0.25, 0.3) is 0 Å². The average molecular weight is 300 g/mol. The lowest BCUT2D eigenvalue weighted by atomic mass is 10.2. The van der Waals surface area contributed by atoms with E-state index in [1.807, 2.05) is 18.7 Å². The molecule has 0 saturated heterocycles. The third-order valence-electron chi connectivity index (χ3n) is 2.36. The quantitative estimate of drug-likeness (QED) is 0.941. The predicted molar refractivity (Wildman–Crippen MR) is 70.5 cm³/mol. The van der Waals surface area contributed by atoms with E-state index in [1.54, 1.807) is 11.3 Å². The highest BCUT2D eigenvalue weighted by Crippen LogP contribution is 2.21. The van der Waals surface area contributed by atoms with Crippen LogP contribution in [-0.2, 0) is 20.1 Å². The van der Waals surface area contributed by atoms with Crippen LogP contribution in [0.5, 0.6) is 0 Å². The molecular weight excluding hydrogens is 286 g/mol. The van der Waals surface area contributed by atoms with Crippen LogP contribution in [0.25, 0.3) is 0 Å². The summed E-state index contributed by atoms with van der Waals surface area (Å²) in [5.74, 6) is 0. The second-order valence-corrected chi connectivity index (χ2v) is 6.27. The monoisotopic (exact) mass is 299 g/mol. The number of thiophene rings is 1. The van der Waals surface area contributed by atoms with Gasteiger partial charge in [0.1, 0.15) is 0 Å². The van der Waals surface area contributed by atoms with Crippen molar-refractivity contribution in [3.8, 4) is 0 Å². The summed E-state index contributed by atoms with van der Waals surface area (Å²) in [6.45, 7) is 3.82. The summed E-state index contributed by atoms with van der Waals surface area (Å²) in [5, 5.41) is 7.73. The van der Waals surface area contributed by atoms with Crippen LogP contribution in [0.4, 0.5) is 0 Å². The molecule has 86 valence electrons. The van der Waals surface area contributed by atoms with E-state index < -0.39 is 0 Å². The Kier molecular flexibility index (Phi) is 3.78. The molecule has 16 heavy (non-hydrogen) atoms. The first-order valence-electron chi connectivity index (χ1n) is 5.09. The lowest BCUT2D eigenvalue weighted by molar-refractivity contribution is 0.697. The van der Waals surface area contributed by atoms with Crippen molar-refractivity contribution in [1.82, 2.24) is 15.1 Å². The Bertz CT molecular complexity index is 475. The Hall–Kier alpha value is -0.650. The minimum Gasteiger partial charge on any atom is -0.308 e. The molecule has 0 fully saturated rings. The van der Waals surface area contributed by atoms with Gasteiger partial charge in [-0.1, -0.05) is 0 Å². The topological polar surface area (TPSA) is 29.9 Å². The minimum absolute atomic E-state index is 0.870. The lowest BCUT2D eigenvalue weighted by Gasteiger charge is -2.01. The number of hydrogen-bond acceptors (Lipinski definition) is 3. The van der Waals surface area contributed by atoms with Gasteiger partial charge in [-0.05, 0) is 35.0 Å². The van der Waals surface area contributed by atoms with Crippen molar-refractivity contribution >= 4 is 27.3 Å². The molecule has 0 unspecified atom stereocenters. The Morgan fingerprint density at radius 2 is 2.25 bits per heavy atom. The molecule has 0 amide bonds. The van der Waals surface area contributed by atoms with E-state index in [-0.39, 0.29) is 0 Å². The fraction of sp³-hybridized carbons (Fsp3) is 0.364. The van der Waals surface area contributed by atoms with Gasteiger partial charge < -0.3 is 5.32 Å². The number of aromatic nitrogens is 2. The number of nitrogens with one attached hydrogen (secondary N) is 1. The zero-order chi connectivity index (χ0) is 11.5. The minimum atomic E-state index is 0.870. The molecular formula is C11H14BrN3S. The van der Waals surface area contributed by atoms with E-state index in [0.29, 0.717) is 0 Å². The van der Waals surface area contributed by atoms with Crippen LogP contribution >= 0.6 is 27.3 Å². The van der Waals surface area contributed by atoms with E-state index in [9.17, 15) is 0 Å². The summed E-state index contributed by atoms with van der Waals surface area (Å²) >= 11 is 5.23. The molecule has 0 bridgehead atoms. The van der Waals surface area contributed by atoms with Crippen LogP contribution < -0.4 is 5.32 Å². The number of rotatable bonds is 4. The summed E-state index contributed by atoms with van der Waals surface area (Å²) in [7, 11) is 1.95. The van der Waals surface area contributed by atoms with E-state index in [0.717, 1.165) is 18.8 Å². The molecule has 0 aliphatic rings. The van der Waals surface area contributed by atoms with E-state index >= 15 is 0 Å². The first-order chi connectivity index (χ1) is 7.65. The normalized spacial score (nSPS) is 10.9. The van der Waals surface area contributed by atoms with Crippen molar-refractivity contribution in [3.05, 3.63) is 38.3 Å². The fourth-order valence-corrected chi connectivity index (χ4v) is 3.04. The zero-order valence-corrected chi connectivity index (χ0v) is 11.7. The number of aryl methyl sites for hydroxylation is 2. The Morgan fingerprint density at radius 1 is 1.44 bits per heavy atom. The van der Waals surface area contributed by atoms with Crippen molar-refractivity contribution in [2.75, 3.05) is 0 Å². The van der Waals surface area contributed by atoms with Crippen molar-refractivity contribution in [1.29, 1.82) is 0 Å². The SMILES string of the molecule is Cc1nn(C)cc1CNCc1ccc(Br)s1. The van der Waals surface area contributed by atoms with Crippen LogP contribution in [0.2, 0.25) is 0 Å². The molecule has 0 saturated carbocycles. The van der Waals surface area contributed by atoms with Gasteiger partial charge in [0.05, 0.1) is 9.48 Å². The first-order valence-corrected chi connectivity index (χ1v) is 6.70. The van der Waals surface area contributed by atoms with E-state index in [4.69, 9.17) is 0 Å².